The van der Waals surface area contributed by atoms with Crippen molar-refractivity contribution in [3.63, 3.8) is 0 Å². The van der Waals surface area contributed by atoms with Crippen molar-refractivity contribution >= 4 is 40.0 Å². The van der Waals surface area contributed by atoms with Gasteiger partial charge < -0.3 is 14.5 Å². The molecule has 0 aliphatic rings. The summed E-state index contributed by atoms with van der Waals surface area (Å²) in [7, 11) is 1.33. The molecule has 170 valence electrons. The van der Waals surface area contributed by atoms with Gasteiger partial charge in [-0.1, -0.05) is 41.6 Å². The highest BCUT2D eigenvalue weighted by Gasteiger charge is 2.23. The monoisotopic (exact) mass is 482 g/mol. The number of carbonyl (C=O) groups excluding carboxylic acids is 2. The summed E-state index contributed by atoms with van der Waals surface area (Å²) in [5.41, 5.74) is 3.08. The Morgan fingerprint density at radius 3 is 2.67 bits per heavy atom. The van der Waals surface area contributed by atoms with Crippen LogP contribution >= 0.6 is 23.1 Å². The van der Waals surface area contributed by atoms with E-state index >= 15 is 0 Å². The molecule has 4 rings (SSSR count). The molecular weight excluding hydrogens is 460 g/mol. The Bertz CT molecular complexity index is 1260. The van der Waals surface area contributed by atoms with Crippen LogP contribution in [0.1, 0.15) is 22.8 Å². The average molecular weight is 483 g/mol. The van der Waals surface area contributed by atoms with Crippen LogP contribution in [0.25, 0.3) is 22.7 Å². The van der Waals surface area contributed by atoms with Crippen LogP contribution in [-0.4, -0.2) is 39.5 Å². The maximum absolute atomic E-state index is 12.7. The molecule has 0 saturated heterocycles. The third-order valence-electron chi connectivity index (χ3n) is 4.90. The Morgan fingerprint density at radius 1 is 1.21 bits per heavy atom. The molecule has 0 radical (unpaired) electrons. The molecule has 1 N–H and O–H groups in total. The molecule has 10 heteroatoms. The molecular formula is C23H22N4O4S2. The first kappa shape index (κ1) is 22.8. The van der Waals surface area contributed by atoms with Gasteiger partial charge in [-0.15, -0.1) is 21.5 Å². The van der Waals surface area contributed by atoms with Crippen molar-refractivity contribution in [2.45, 2.75) is 25.5 Å². The first-order chi connectivity index (χ1) is 16.0. The van der Waals surface area contributed by atoms with Gasteiger partial charge in [0.15, 0.2) is 16.7 Å². The van der Waals surface area contributed by atoms with Crippen LogP contribution in [0.3, 0.4) is 0 Å². The summed E-state index contributed by atoms with van der Waals surface area (Å²) < 4.78 is 12.3. The van der Waals surface area contributed by atoms with Gasteiger partial charge in [0.1, 0.15) is 10.6 Å². The van der Waals surface area contributed by atoms with Gasteiger partial charge in [-0.3, -0.25) is 9.36 Å². The Morgan fingerprint density at radius 2 is 2.00 bits per heavy atom. The number of aryl methyl sites for hydroxylation is 1. The fraction of sp³-hybridized carbons (Fsp3) is 0.217. The van der Waals surface area contributed by atoms with E-state index in [1.807, 2.05) is 54.1 Å². The van der Waals surface area contributed by atoms with E-state index in [9.17, 15) is 9.59 Å². The largest absolute Gasteiger partial charge is 0.465 e. The number of thiophene rings is 1. The van der Waals surface area contributed by atoms with Crippen LogP contribution in [0.5, 0.6) is 0 Å². The molecule has 3 heterocycles. The number of ether oxygens (including phenoxy) is 1. The highest BCUT2D eigenvalue weighted by atomic mass is 32.2. The number of hydrogen-bond donors (Lipinski definition) is 1. The predicted molar refractivity (Wildman–Crippen MR) is 129 cm³/mol. The van der Waals surface area contributed by atoms with Crippen molar-refractivity contribution in [3.05, 3.63) is 59.2 Å². The second kappa shape index (κ2) is 10.1. The first-order valence-corrected chi connectivity index (χ1v) is 12.0. The molecule has 0 bridgehead atoms. The number of nitrogens with one attached hydrogen (secondary N) is 1. The Balaban J connectivity index is 1.50. The number of anilines is 1. The summed E-state index contributed by atoms with van der Waals surface area (Å²) in [5, 5.41) is 14.2. The van der Waals surface area contributed by atoms with E-state index in [2.05, 4.69) is 15.5 Å². The number of amides is 1. The number of hydrogen-bond acceptors (Lipinski definition) is 8. The SMILES string of the molecule is CCn1c(SCC(=O)Nc2scc(-c3ccc(C)cc3)c2C(=O)OC)nnc1-c1ccco1. The maximum atomic E-state index is 12.7. The normalized spacial score (nSPS) is 10.9. The van der Waals surface area contributed by atoms with Gasteiger partial charge in [0.2, 0.25) is 5.91 Å². The standard InChI is InChI=1S/C23H22N4O4S2/c1-4-27-20(17-6-5-11-31-17)25-26-23(27)33-13-18(28)24-21-19(22(29)30-3)16(12-32-21)15-9-7-14(2)8-10-15/h5-12H,4,13H2,1-3H3,(H,24,28). The molecule has 8 nitrogen and oxygen atoms in total. The fourth-order valence-corrected chi connectivity index (χ4v) is 5.04. The van der Waals surface area contributed by atoms with Crippen LogP contribution in [0.4, 0.5) is 5.00 Å². The summed E-state index contributed by atoms with van der Waals surface area (Å²) >= 11 is 2.56. The van der Waals surface area contributed by atoms with Gasteiger partial charge in [0.25, 0.3) is 0 Å². The van der Waals surface area contributed by atoms with E-state index in [1.165, 1.54) is 30.2 Å². The number of thioether (sulfide) groups is 1. The second-order valence-electron chi connectivity index (χ2n) is 7.08. The van der Waals surface area contributed by atoms with Gasteiger partial charge in [0, 0.05) is 17.5 Å². The van der Waals surface area contributed by atoms with E-state index in [1.54, 1.807) is 12.3 Å². The molecule has 0 spiro atoms. The van der Waals surface area contributed by atoms with Crippen LogP contribution in [0.15, 0.2) is 57.6 Å². The Kier molecular flexibility index (Phi) is 6.95. The van der Waals surface area contributed by atoms with E-state index in [4.69, 9.17) is 9.15 Å². The highest BCUT2D eigenvalue weighted by Crippen LogP contribution is 2.36. The number of furan rings is 1. The van der Waals surface area contributed by atoms with Crippen LogP contribution < -0.4 is 5.32 Å². The summed E-state index contributed by atoms with van der Waals surface area (Å²) in [6.45, 7) is 4.60. The summed E-state index contributed by atoms with van der Waals surface area (Å²) in [4.78, 5) is 25.2. The highest BCUT2D eigenvalue weighted by molar-refractivity contribution is 7.99. The number of benzene rings is 1. The van der Waals surface area contributed by atoms with Crippen LogP contribution in [0, 0.1) is 6.92 Å². The van der Waals surface area contributed by atoms with Crippen LogP contribution in [0.2, 0.25) is 0 Å². The summed E-state index contributed by atoms with van der Waals surface area (Å²) in [5.74, 6) is 0.579. The molecule has 0 saturated carbocycles. The van der Waals surface area contributed by atoms with E-state index in [-0.39, 0.29) is 11.7 Å². The Hall–Kier alpha value is -3.37. The van der Waals surface area contributed by atoms with Gasteiger partial charge in [0.05, 0.1) is 19.1 Å². The number of nitrogens with zero attached hydrogens (tertiary/aromatic N) is 3. The third kappa shape index (κ3) is 4.86. The smallest absolute Gasteiger partial charge is 0.341 e. The van der Waals surface area contributed by atoms with E-state index in [0.29, 0.717) is 33.9 Å². The number of aromatic nitrogens is 3. The van der Waals surface area contributed by atoms with Crippen molar-refractivity contribution in [1.82, 2.24) is 14.8 Å². The molecule has 1 amide bonds. The average Bonchev–Trinajstić information content (AvgIpc) is 3.57. The Labute approximate surface area is 199 Å². The minimum Gasteiger partial charge on any atom is -0.465 e. The van der Waals surface area contributed by atoms with Crippen molar-refractivity contribution in [2.75, 3.05) is 18.2 Å². The second-order valence-corrected chi connectivity index (χ2v) is 8.90. The van der Waals surface area contributed by atoms with Crippen LogP contribution in [-0.2, 0) is 16.1 Å². The molecule has 3 aromatic heterocycles. The van der Waals surface area contributed by atoms with E-state index < -0.39 is 5.97 Å². The number of rotatable bonds is 8. The first-order valence-electron chi connectivity index (χ1n) is 10.2. The molecule has 0 unspecified atom stereocenters. The minimum absolute atomic E-state index is 0.106. The maximum Gasteiger partial charge on any atom is 0.341 e. The molecule has 33 heavy (non-hydrogen) atoms. The van der Waals surface area contributed by atoms with Crippen molar-refractivity contribution in [1.29, 1.82) is 0 Å². The lowest BCUT2D eigenvalue weighted by Crippen LogP contribution is -2.16. The quantitative estimate of drug-likeness (QED) is 0.275. The van der Waals surface area contributed by atoms with Crippen molar-refractivity contribution in [3.8, 4) is 22.7 Å². The van der Waals surface area contributed by atoms with Crippen molar-refractivity contribution in [2.24, 2.45) is 0 Å². The van der Waals surface area contributed by atoms with Crippen molar-refractivity contribution < 1.29 is 18.7 Å². The zero-order chi connectivity index (χ0) is 23.4. The number of carbonyl (C=O) groups is 2. The molecule has 1 aromatic carbocycles. The van der Waals surface area contributed by atoms with E-state index in [0.717, 1.165) is 16.7 Å². The minimum atomic E-state index is -0.497. The third-order valence-corrected chi connectivity index (χ3v) is 6.77. The molecule has 0 fully saturated rings. The number of methoxy groups -OCH3 is 1. The zero-order valence-electron chi connectivity index (χ0n) is 18.3. The molecule has 0 aliphatic carbocycles. The fourth-order valence-electron chi connectivity index (χ4n) is 3.26. The summed E-state index contributed by atoms with van der Waals surface area (Å²) in [6.07, 6.45) is 1.58. The van der Waals surface area contributed by atoms with Gasteiger partial charge in [-0.2, -0.15) is 0 Å². The lowest BCUT2D eigenvalue weighted by atomic mass is 10.0. The lowest BCUT2D eigenvalue weighted by molar-refractivity contribution is -0.113. The van der Waals surface area contributed by atoms with Gasteiger partial charge in [-0.25, -0.2) is 4.79 Å². The van der Waals surface area contributed by atoms with Gasteiger partial charge >= 0.3 is 5.97 Å². The molecule has 4 aromatic rings. The molecule has 0 atom stereocenters. The predicted octanol–water partition coefficient (Wildman–Crippen LogP) is 5.11. The topological polar surface area (TPSA) is 99.2 Å². The number of esters is 1. The zero-order valence-corrected chi connectivity index (χ0v) is 20.0. The lowest BCUT2D eigenvalue weighted by Gasteiger charge is -2.08. The summed E-state index contributed by atoms with van der Waals surface area (Å²) in [6, 6.07) is 11.4. The van der Waals surface area contributed by atoms with Gasteiger partial charge in [-0.05, 0) is 31.5 Å². The molecule has 0 aliphatic heterocycles.